The molecule has 3 rings (SSSR count). The monoisotopic (exact) mass is 360 g/mol. The summed E-state index contributed by atoms with van der Waals surface area (Å²) in [6.45, 7) is 1.37. The highest BCUT2D eigenvalue weighted by molar-refractivity contribution is 8.00. The summed E-state index contributed by atoms with van der Waals surface area (Å²) in [6.07, 6.45) is 2.21. The maximum absolute atomic E-state index is 14.2. The van der Waals surface area contributed by atoms with Gasteiger partial charge in [-0.3, -0.25) is 4.79 Å². The van der Waals surface area contributed by atoms with Crippen LogP contribution in [0.3, 0.4) is 0 Å². The summed E-state index contributed by atoms with van der Waals surface area (Å²) < 4.78 is 19.7. The highest BCUT2D eigenvalue weighted by atomic mass is 32.2. The van der Waals surface area contributed by atoms with E-state index in [-0.39, 0.29) is 23.6 Å². The van der Waals surface area contributed by atoms with E-state index >= 15 is 0 Å². The van der Waals surface area contributed by atoms with Gasteiger partial charge in [-0.2, -0.15) is 0 Å². The van der Waals surface area contributed by atoms with Gasteiger partial charge >= 0.3 is 0 Å². The maximum Gasteiger partial charge on any atom is 0.234 e. The van der Waals surface area contributed by atoms with Crippen LogP contribution >= 0.6 is 11.8 Å². The van der Waals surface area contributed by atoms with Gasteiger partial charge in [-0.25, -0.2) is 4.39 Å². The second-order valence-corrected chi connectivity index (χ2v) is 6.91. The third kappa shape index (κ3) is 5.47. The summed E-state index contributed by atoms with van der Waals surface area (Å²) in [5, 5.41) is 5.79. The molecule has 4 nitrogen and oxygen atoms in total. The van der Waals surface area contributed by atoms with E-state index in [0.717, 1.165) is 24.3 Å². The van der Waals surface area contributed by atoms with E-state index < -0.39 is 0 Å². The fourth-order valence-corrected chi connectivity index (χ4v) is 3.35. The number of hydrogen-bond acceptors (Lipinski definition) is 4. The number of carbonyl (C=O) groups excluding carboxylic acids is 1. The molecule has 1 atom stereocenters. The summed E-state index contributed by atoms with van der Waals surface area (Å²) in [7, 11) is 0. The number of halogens is 1. The Bertz CT molecular complexity index is 706. The van der Waals surface area contributed by atoms with Crippen molar-refractivity contribution in [1.82, 2.24) is 0 Å². The molecule has 1 saturated heterocycles. The number of rotatable bonds is 7. The van der Waals surface area contributed by atoms with Crippen LogP contribution in [0.5, 0.6) is 0 Å². The summed E-state index contributed by atoms with van der Waals surface area (Å²) >= 11 is 1.45. The zero-order valence-electron chi connectivity index (χ0n) is 13.8. The van der Waals surface area contributed by atoms with Gasteiger partial charge in [-0.05, 0) is 43.2 Å². The molecule has 1 aliphatic rings. The van der Waals surface area contributed by atoms with Gasteiger partial charge in [0.1, 0.15) is 5.82 Å². The van der Waals surface area contributed by atoms with Crippen LogP contribution in [0.2, 0.25) is 0 Å². The van der Waals surface area contributed by atoms with Crippen molar-refractivity contribution in [2.75, 3.05) is 29.5 Å². The first-order chi connectivity index (χ1) is 12.2. The molecule has 1 fully saturated rings. The molecule has 0 aromatic heterocycles. The van der Waals surface area contributed by atoms with Crippen molar-refractivity contribution >= 4 is 29.0 Å². The smallest absolute Gasteiger partial charge is 0.234 e. The largest absolute Gasteiger partial charge is 0.380 e. The van der Waals surface area contributed by atoms with Crippen LogP contribution < -0.4 is 10.6 Å². The highest BCUT2D eigenvalue weighted by Gasteiger charge is 2.15. The van der Waals surface area contributed by atoms with Gasteiger partial charge in [-0.15, -0.1) is 11.8 Å². The van der Waals surface area contributed by atoms with Crippen molar-refractivity contribution in [1.29, 1.82) is 0 Å². The molecule has 2 aromatic carbocycles. The fourth-order valence-electron chi connectivity index (χ4n) is 2.63. The Hall–Kier alpha value is -2.05. The molecule has 2 aromatic rings. The number of benzene rings is 2. The zero-order chi connectivity index (χ0) is 17.5. The molecule has 1 heterocycles. The predicted octanol–water partition coefficient (Wildman–Crippen LogP) is 4.15. The molecule has 1 unspecified atom stereocenters. The number of hydrogen-bond donors (Lipinski definition) is 2. The Morgan fingerprint density at radius 1 is 1.24 bits per heavy atom. The SMILES string of the molecule is O=C(CSc1ccccc1)Nc1ccc(NCC2CCCO2)c(F)c1. The standard InChI is InChI=1S/C19H21FN2O2S/c20-17-11-14(8-9-18(17)21-12-15-5-4-10-24-15)22-19(23)13-25-16-6-2-1-3-7-16/h1-3,6-9,11,15,21H,4-5,10,12-13H2,(H,22,23). The molecule has 1 aliphatic heterocycles. The first-order valence-electron chi connectivity index (χ1n) is 8.33. The normalized spacial score (nSPS) is 16.6. The quantitative estimate of drug-likeness (QED) is 0.729. The molecule has 0 saturated carbocycles. The molecule has 0 spiro atoms. The summed E-state index contributed by atoms with van der Waals surface area (Å²) in [4.78, 5) is 13.0. The van der Waals surface area contributed by atoms with Gasteiger partial charge in [0.25, 0.3) is 0 Å². The summed E-state index contributed by atoms with van der Waals surface area (Å²) in [5.74, 6) is -0.259. The molecule has 0 aliphatic carbocycles. The van der Waals surface area contributed by atoms with E-state index in [4.69, 9.17) is 4.74 Å². The molecule has 2 N–H and O–H groups in total. The molecule has 132 valence electrons. The molecule has 25 heavy (non-hydrogen) atoms. The van der Waals surface area contributed by atoms with Crippen molar-refractivity contribution in [2.45, 2.75) is 23.8 Å². The van der Waals surface area contributed by atoms with Crippen LogP contribution in [0.1, 0.15) is 12.8 Å². The maximum atomic E-state index is 14.2. The average Bonchev–Trinajstić information content (AvgIpc) is 3.14. The number of thioether (sulfide) groups is 1. The van der Waals surface area contributed by atoms with Gasteiger partial charge in [0, 0.05) is 23.7 Å². The zero-order valence-corrected chi connectivity index (χ0v) is 14.7. The van der Waals surface area contributed by atoms with Crippen LogP contribution in [0.4, 0.5) is 15.8 Å². The van der Waals surface area contributed by atoms with E-state index in [2.05, 4.69) is 10.6 Å². The highest BCUT2D eigenvalue weighted by Crippen LogP contribution is 2.21. The minimum absolute atomic E-state index is 0.147. The molecular weight excluding hydrogens is 339 g/mol. The molecule has 0 radical (unpaired) electrons. The second-order valence-electron chi connectivity index (χ2n) is 5.86. The first-order valence-corrected chi connectivity index (χ1v) is 9.32. The third-order valence-corrected chi connectivity index (χ3v) is 4.92. The first kappa shape index (κ1) is 17.8. The van der Waals surface area contributed by atoms with Gasteiger partial charge < -0.3 is 15.4 Å². The van der Waals surface area contributed by atoms with Gasteiger partial charge in [0.2, 0.25) is 5.91 Å². The van der Waals surface area contributed by atoms with Crippen molar-refractivity contribution in [3.63, 3.8) is 0 Å². The predicted molar refractivity (Wildman–Crippen MR) is 99.7 cm³/mol. The van der Waals surface area contributed by atoms with Crippen molar-refractivity contribution in [3.05, 3.63) is 54.3 Å². The number of nitrogens with one attached hydrogen (secondary N) is 2. The number of anilines is 2. The average molecular weight is 360 g/mol. The Kier molecular flexibility index (Phi) is 6.30. The topological polar surface area (TPSA) is 50.4 Å². The minimum Gasteiger partial charge on any atom is -0.380 e. The lowest BCUT2D eigenvalue weighted by atomic mass is 10.2. The molecular formula is C19H21FN2O2S. The van der Waals surface area contributed by atoms with E-state index in [1.54, 1.807) is 12.1 Å². The fraction of sp³-hybridized carbons (Fsp3) is 0.316. The van der Waals surface area contributed by atoms with Crippen LogP contribution in [-0.4, -0.2) is 30.9 Å². The van der Waals surface area contributed by atoms with Crippen molar-refractivity contribution < 1.29 is 13.9 Å². The number of carbonyl (C=O) groups is 1. The van der Waals surface area contributed by atoms with Crippen molar-refractivity contribution in [2.24, 2.45) is 0 Å². The van der Waals surface area contributed by atoms with Crippen LogP contribution in [0, 0.1) is 5.82 Å². The molecule has 6 heteroatoms. The lowest BCUT2D eigenvalue weighted by Gasteiger charge is -2.13. The van der Waals surface area contributed by atoms with E-state index in [9.17, 15) is 9.18 Å². The Labute approximate surface area is 151 Å². The van der Waals surface area contributed by atoms with Gasteiger partial charge in [0.15, 0.2) is 0 Å². The Balaban J connectivity index is 1.48. The number of ether oxygens (including phenoxy) is 1. The van der Waals surface area contributed by atoms with Gasteiger partial charge in [-0.1, -0.05) is 18.2 Å². The van der Waals surface area contributed by atoms with Crippen LogP contribution in [-0.2, 0) is 9.53 Å². The van der Waals surface area contributed by atoms with E-state index in [1.807, 2.05) is 30.3 Å². The molecule has 1 amide bonds. The lowest BCUT2D eigenvalue weighted by molar-refractivity contribution is -0.113. The van der Waals surface area contributed by atoms with Crippen molar-refractivity contribution in [3.8, 4) is 0 Å². The van der Waals surface area contributed by atoms with Crippen LogP contribution in [0.25, 0.3) is 0 Å². The minimum atomic E-state index is -0.383. The third-order valence-electron chi connectivity index (χ3n) is 3.91. The summed E-state index contributed by atoms with van der Waals surface area (Å²) in [6, 6.07) is 14.4. The lowest BCUT2D eigenvalue weighted by Crippen LogP contribution is -2.19. The number of amides is 1. The Morgan fingerprint density at radius 3 is 2.80 bits per heavy atom. The summed E-state index contributed by atoms with van der Waals surface area (Å²) in [5.41, 5.74) is 0.881. The Morgan fingerprint density at radius 2 is 2.08 bits per heavy atom. The second kappa shape index (κ2) is 8.87. The van der Waals surface area contributed by atoms with E-state index in [0.29, 0.717) is 17.9 Å². The van der Waals surface area contributed by atoms with Gasteiger partial charge in [0.05, 0.1) is 17.5 Å². The van der Waals surface area contributed by atoms with Crippen LogP contribution in [0.15, 0.2) is 53.4 Å². The van der Waals surface area contributed by atoms with E-state index in [1.165, 1.54) is 17.8 Å². The molecule has 0 bridgehead atoms.